The number of carbonyl (C=O) groups excluding carboxylic acids is 1. The van der Waals surface area contributed by atoms with Crippen molar-refractivity contribution in [1.82, 2.24) is 4.98 Å². The summed E-state index contributed by atoms with van der Waals surface area (Å²) >= 11 is 0. The van der Waals surface area contributed by atoms with Gasteiger partial charge in [0.2, 0.25) is 6.04 Å². The molecule has 1 aliphatic rings. The summed E-state index contributed by atoms with van der Waals surface area (Å²) in [5.74, 6) is -0.283. The van der Waals surface area contributed by atoms with Crippen LogP contribution in [0.5, 0.6) is 0 Å². The van der Waals surface area contributed by atoms with Crippen molar-refractivity contribution in [3.05, 3.63) is 34.0 Å². The molecular formula is C10H12N4O3. The molecule has 7 heteroatoms. The topological polar surface area (TPSA) is 111 Å². The van der Waals surface area contributed by atoms with Gasteiger partial charge in [-0.15, -0.1) is 0 Å². The second-order valence-electron chi connectivity index (χ2n) is 3.94. The molecule has 0 bridgehead atoms. The zero-order valence-corrected chi connectivity index (χ0v) is 9.00. The predicted octanol–water partition coefficient (Wildman–Crippen LogP) is 0.400. The Morgan fingerprint density at radius 3 is 2.88 bits per heavy atom. The van der Waals surface area contributed by atoms with Crippen LogP contribution in [0.1, 0.15) is 23.2 Å². The van der Waals surface area contributed by atoms with E-state index in [0.29, 0.717) is 18.7 Å². The fraction of sp³-hybridized carbons (Fsp3) is 0.400. The molecule has 90 valence electrons. The molecule has 1 aliphatic carbocycles. The third kappa shape index (κ3) is 2.17. The van der Waals surface area contributed by atoms with E-state index < -0.39 is 11.9 Å². The lowest BCUT2D eigenvalue weighted by Crippen LogP contribution is -2.48. The molecule has 1 amide bonds. The molecule has 1 aromatic heterocycles. The number of amides is 1. The van der Waals surface area contributed by atoms with Crippen LogP contribution >= 0.6 is 0 Å². The molecule has 1 fully saturated rings. The highest BCUT2D eigenvalue weighted by Crippen LogP contribution is 2.26. The van der Waals surface area contributed by atoms with Gasteiger partial charge in [0.25, 0.3) is 5.91 Å². The standard InChI is InChI=1S/C10H12N4O3/c11-9(15)6-2-1-5-12-10(6)13-7-3-4-8(7)14(16)17/h1-2,5,7-8H,3-4H2,(H2,11,15)(H,12,13). The second-order valence-corrected chi connectivity index (χ2v) is 3.94. The van der Waals surface area contributed by atoms with E-state index >= 15 is 0 Å². The summed E-state index contributed by atoms with van der Waals surface area (Å²) in [5.41, 5.74) is 5.44. The van der Waals surface area contributed by atoms with Gasteiger partial charge in [0.1, 0.15) is 5.82 Å². The number of hydrogen-bond acceptors (Lipinski definition) is 5. The molecule has 0 radical (unpaired) electrons. The number of nitrogens with one attached hydrogen (secondary N) is 1. The number of nitrogens with zero attached hydrogens (tertiary/aromatic N) is 2. The van der Waals surface area contributed by atoms with Crippen molar-refractivity contribution < 1.29 is 9.72 Å². The number of anilines is 1. The van der Waals surface area contributed by atoms with Crippen LogP contribution in [-0.4, -0.2) is 27.9 Å². The van der Waals surface area contributed by atoms with Gasteiger partial charge >= 0.3 is 0 Å². The average Bonchev–Trinajstić information content (AvgIpc) is 2.23. The Morgan fingerprint density at radius 2 is 2.35 bits per heavy atom. The SMILES string of the molecule is NC(=O)c1cccnc1NC1CCC1[N+](=O)[O-]. The molecule has 2 atom stereocenters. The Morgan fingerprint density at radius 1 is 1.59 bits per heavy atom. The largest absolute Gasteiger partial charge is 0.365 e. The maximum atomic E-state index is 11.1. The van der Waals surface area contributed by atoms with Gasteiger partial charge in [-0.25, -0.2) is 4.98 Å². The van der Waals surface area contributed by atoms with Gasteiger partial charge in [0.15, 0.2) is 0 Å². The minimum Gasteiger partial charge on any atom is -0.365 e. The monoisotopic (exact) mass is 236 g/mol. The summed E-state index contributed by atoms with van der Waals surface area (Å²) in [4.78, 5) is 25.5. The summed E-state index contributed by atoms with van der Waals surface area (Å²) in [6.07, 6.45) is 2.75. The normalized spacial score (nSPS) is 22.6. The summed E-state index contributed by atoms with van der Waals surface area (Å²) in [5, 5.41) is 13.6. The van der Waals surface area contributed by atoms with E-state index in [-0.39, 0.29) is 16.5 Å². The quantitative estimate of drug-likeness (QED) is 0.580. The Labute approximate surface area is 97.2 Å². The highest BCUT2D eigenvalue weighted by atomic mass is 16.6. The molecule has 17 heavy (non-hydrogen) atoms. The van der Waals surface area contributed by atoms with Gasteiger partial charge in [-0.3, -0.25) is 14.9 Å². The Hall–Kier alpha value is -2.18. The first-order chi connectivity index (χ1) is 8.09. The van der Waals surface area contributed by atoms with Crippen molar-refractivity contribution in [2.24, 2.45) is 5.73 Å². The fourth-order valence-electron chi connectivity index (χ4n) is 1.80. The molecule has 1 saturated carbocycles. The second kappa shape index (κ2) is 4.36. The number of nitro groups is 1. The van der Waals surface area contributed by atoms with Crippen LogP contribution in [0.25, 0.3) is 0 Å². The first-order valence-corrected chi connectivity index (χ1v) is 5.24. The average molecular weight is 236 g/mol. The number of nitrogens with two attached hydrogens (primary N) is 1. The summed E-state index contributed by atoms with van der Waals surface area (Å²) in [7, 11) is 0. The van der Waals surface area contributed by atoms with Gasteiger partial charge in [-0.1, -0.05) is 0 Å². The van der Waals surface area contributed by atoms with Crippen LogP contribution in [0.15, 0.2) is 18.3 Å². The predicted molar refractivity (Wildman–Crippen MR) is 60.2 cm³/mol. The number of carbonyl (C=O) groups is 1. The molecule has 0 aliphatic heterocycles. The molecule has 3 N–H and O–H groups in total. The first-order valence-electron chi connectivity index (χ1n) is 5.24. The molecule has 2 unspecified atom stereocenters. The van der Waals surface area contributed by atoms with E-state index in [9.17, 15) is 14.9 Å². The number of hydrogen-bond donors (Lipinski definition) is 2. The van der Waals surface area contributed by atoms with Crippen molar-refractivity contribution in [1.29, 1.82) is 0 Å². The van der Waals surface area contributed by atoms with Crippen molar-refractivity contribution >= 4 is 11.7 Å². The number of pyridine rings is 1. The third-order valence-electron chi connectivity index (χ3n) is 2.90. The zero-order chi connectivity index (χ0) is 12.4. The molecule has 0 spiro atoms. The Bertz CT molecular complexity index is 463. The number of rotatable bonds is 4. The van der Waals surface area contributed by atoms with E-state index in [1.165, 1.54) is 12.3 Å². The van der Waals surface area contributed by atoms with Gasteiger partial charge in [0.05, 0.1) is 11.6 Å². The molecule has 1 aromatic rings. The summed E-state index contributed by atoms with van der Waals surface area (Å²) < 4.78 is 0. The van der Waals surface area contributed by atoms with Gasteiger partial charge in [-0.2, -0.15) is 0 Å². The Balaban J connectivity index is 2.14. The summed E-state index contributed by atoms with van der Waals surface area (Å²) in [6, 6.07) is 2.24. The number of aromatic nitrogens is 1. The molecule has 0 aromatic carbocycles. The molecular weight excluding hydrogens is 224 g/mol. The van der Waals surface area contributed by atoms with Crippen molar-refractivity contribution in [3.8, 4) is 0 Å². The van der Waals surface area contributed by atoms with Gasteiger partial charge in [0, 0.05) is 17.5 Å². The third-order valence-corrected chi connectivity index (χ3v) is 2.90. The van der Waals surface area contributed by atoms with Crippen LogP contribution in [0.3, 0.4) is 0 Å². The van der Waals surface area contributed by atoms with Crippen LogP contribution in [0, 0.1) is 10.1 Å². The summed E-state index contributed by atoms with van der Waals surface area (Å²) in [6.45, 7) is 0. The first kappa shape index (κ1) is 11.3. The highest BCUT2D eigenvalue weighted by Gasteiger charge is 2.41. The van der Waals surface area contributed by atoms with E-state index in [1.54, 1.807) is 6.07 Å². The van der Waals surface area contributed by atoms with E-state index in [1.807, 2.05) is 0 Å². The van der Waals surface area contributed by atoms with Crippen molar-refractivity contribution in [2.45, 2.75) is 24.9 Å². The van der Waals surface area contributed by atoms with Crippen molar-refractivity contribution in [2.75, 3.05) is 5.32 Å². The Kier molecular flexibility index (Phi) is 2.90. The lowest BCUT2D eigenvalue weighted by molar-refractivity contribution is -0.537. The van der Waals surface area contributed by atoms with Gasteiger partial charge < -0.3 is 11.1 Å². The van der Waals surface area contributed by atoms with Crippen LogP contribution in [-0.2, 0) is 0 Å². The highest BCUT2D eigenvalue weighted by molar-refractivity contribution is 5.97. The lowest BCUT2D eigenvalue weighted by atomic mass is 9.87. The zero-order valence-electron chi connectivity index (χ0n) is 9.00. The van der Waals surface area contributed by atoms with Crippen LogP contribution < -0.4 is 11.1 Å². The fourth-order valence-corrected chi connectivity index (χ4v) is 1.80. The molecule has 2 rings (SSSR count). The smallest absolute Gasteiger partial charge is 0.252 e. The minimum absolute atomic E-state index is 0.251. The van der Waals surface area contributed by atoms with Crippen molar-refractivity contribution in [3.63, 3.8) is 0 Å². The molecule has 1 heterocycles. The minimum atomic E-state index is -0.613. The van der Waals surface area contributed by atoms with E-state index in [4.69, 9.17) is 5.73 Å². The molecule has 0 saturated heterocycles. The van der Waals surface area contributed by atoms with E-state index in [2.05, 4.69) is 10.3 Å². The molecule has 7 nitrogen and oxygen atoms in total. The maximum Gasteiger partial charge on any atom is 0.252 e. The lowest BCUT2D eigenvalue weighted by Gasteiger charge is -2.30. The van der Waals surface area contributed by atoms with Crippen LogP contribution in [0.4, 0.5) is 5.82 Å². The maximum absolute atomic E-state index is 11.1. The van der Waals surface area contributed by atoms with E-state index in [0.717, 1.165) is 0 Å². The van der Waals surface area contributed by atoms with Crippen LogP contribution in [0.2, 0.25) is 0 Å². The number of primary amides is 1. The van der Waals surface area contributed by atoms with Gasteiger partial charge in [-0.05, 0) is 18.6 Å².